The van der Waals surface area contributed by atoms with E-state index in [1.54, 1.807) is 11.3 Å². The van der Waals surface area contributed by atoms with Crippen molar-refractivity contribution in [3.05, 3.63) is 16.1 Å². The van der Waals surface area contributed by atoms with Crippen LogP contribution in [0, 0.1) is 0 Å². The van der Waals surface area contributed by atoms with E-state index in [1.165, 1.54) is 12.1 Å². The summed E-state index contributed by atoms with van der Waals surface area (Å²) in [6, 6.07) is 0. The molecule has 18 heavy (non-hydrogen) atoms. The highest BCUT2D eigenvalue weighted by Crippen LogP contribution is 2.12. The Balaban J connectivity index is 2.36. The maximum atomic E-state index is 5.54. The molecular formula is C13H26N4S. The monoisotopic (exact) mass is 270 g/mol. The van der Waals surface area contributed by atoms with Gasteiger partial charge >= 0.3 is 0 Å². The molecule has 0 aliphatic heterocycles. The first-order valence-corrected chi connectivity index (χ1v) is 7.54. The van der Waals surface area contributed by atoms with Crippen LogP contribution in [0.2, 0.25) is 0 Å². The molecule has 1 heterocycles. The molecule has 104 valence electrons. The second kappa shape index (κ2) is 8.58. The van der Waals surface area contributed by atoms with Crippen molar-refractivity contribution in [2.24, 2.45) is 5.73 Å². The van der Waals surface area contributed by atoms with E-state index in [0.29, 0.717) is 6.54 Å². The fraction of sp³-hybridized carbons (Fsp3) is 0.769. The van der Waals surface area contributed by atoms with Crippen molar-refractivity contribution in [3.8, 4) is 0 Å². The lowest BCUT2D eigenvalue weighted by Gasteiger charge is -2.20. The molecule has 0 atom stereocenters. The third-order valence-corrected chi connectivity index (χ3v) is 3.83. The topological polar surface area (TPSA) is 45.4 Å². The Morgan fingerprint density at radius 2 is 2.11 bits per heavy atom. The van der Waals surface area contributed by atoms with E-state index < -0.39 is 0 Å². The van der Waals surface area contributed by atoms with Gasteiger partial charge in [-0.15, -0.1) is 11.3 Å². The molecule has 4 nitrogen and oxygen atoms in total. The SMILES string of the molecule is CCN(CCCN(C)C)Cc1csc(CCN)n1. The molecule has 5 heteroatoms. The predicted octanol–water partition coefficient (Wildman–Crippen LogP) is 1.42. The number of nitrogens with zero attached hydrogens (tertiary/aromatic N) is 3. The molecule has 0 radical (unpaired) electrons. The molecule has 0 bridgehead atoms. The standard InChI is InChI=1S/C13H26N4S/c1-4-17(9-5-8-16(2)3)10-12-11-18-13(15-12)6-7-14/h11H,4-10,14H2,1-3H3. The minimum atomic E-state index is 0.688. The first kappa shape index (κ1) is 15.6. The van der Waals surface area contributed by atoms with Gasteiger partial charge in [0.05, 0.1) is 10.7 Å². The maximum absolute atomic E-state index is 5.54. The third kappa shape index (κ3) is 5.91. The number of thiazole rings is 1. The molecule has 0 saturated heterocycles. The fourth-order valence-electron chi connectivity index (χ4n) is 1.85. The molecule has 0 unspecified atom stereocenters. The van der Waals surface area contributed by atoms with E-state index in [0.717, 1.165) is 37.6 Å². The van der Waals surface area contributed by atoms with Crippen LogP contribution in [0.3, 0.4) is 0 Å². The highest BCUT2D eigenvalue weighted by molar-refractivity contribution is 7.09. The largest absolute Gasteiger partial charge is 0.330 e. The summed E-state index contributed by atoms with van der Waals surface area (Å²) in [5, 5.41) is 3.33. The van der Waals surface area contributed by atoms with Gasteiger partial charge in [0.2, 0.25) is 0 Å². The molecule has 0 aromatic carbocycles. The summed E-state index contributed by atoms with van der Waals surface area (Å²) in [6.45, 7) is 7.22. The number of nitrogens with two attached hydrogens (primary N) is 1. The number of hydrogen-bond donors (Lipinski definition) is 1. The molecule has 1 aromatic heterocycles. The predicted molar refractivity (Wildman–Crippen MR) is 79.0 cm³/mol. The van der Waals surface area contributed by atoms with E-state index in [1.807, 2.05) is 0 Å². The van der Waals surface area contributed by atoms with E-state index >= 15 is 0 Å². The van der Waals surface area contributed by atoms with Gasteiger partial charge in [0, 0.05) is 18.3 Å². The van der Waals surface area contributed by atoms with Gasteiger partial charge in [-0.05, 0) is 46.7 Å². The first-order chi connectivity index (χ1) is 8.65. The van der Waals surface area contributed by atoms with Crippen molar-refractivity contribution >= 4 is 11.3 Å². The Morgan fingerprint density at radius 3 is 2.72 bits per heavy atom. The molecule has 1 rings (SSSR count). The zero-order valence-corrected chi connectivity index (χ0v) is 12.7. The fourth-order valence-corrected chi connectivity index (χ4v) is 2.65. The van der Waals surface area contributed by atoms with Crippen LogP contribution in [0.5, 0.6) is 0 Å². The molecule has 0 aliphatic rings. The van der Waals surface area contributed by atoms with Gasteiger partial charge < -0.3 is 10.6 Å². The third-order valence-electron chi connectivity index (χ3n) is 2.87. The van der Waals surface area contributed by atoms with Crippen molar-refractivity contribution in [1.82, 2.24) is 14.8 Å². The van der Waals surface area contributed by atoms with Crippen molar-refractivity contribution in [2.75, 3.05) is 40.3 Å². The lowest BCUT2D eigenvalue weighted by Crippen LogP contribution is -2.27. The van der Waals surface area contributed by atoms with Crippen molar-refractivity contribution in [2.45, 2.75) is 26.3 Å². The molecule has 0 amide bonds. The molecule has 0 aliphatic carbocycles. The zero-order valence-electron chi connectivity index (χ0n) is 11.9. The molecular weight excluding hydrogens is 244 g/mol. The highest BCUT2D eigenvalue weighted by Gasteiger charge is 2.07. The Bertz CT molecular complexity index is 325. The van der Waals surface area contributed by atoms with Crippen LogP contribution in [-0.4, -0.2) is 55.1 Å². The van der Waals surface area contributed by atoms with Crippen LogP contribution in [0.15, 0.2) is 5.38 Å². The smallest absolute Gasteiger partial charge is 0.0941 e. The van der Waals surface area contributed by atoms with Gasteiger partial charge in [-0.25, -0.2) is 4.98 Å². The van der Waals surface area contributed by atoms with Gasteiger partial charge in [0.15, 0.2) is 0 Å². The van der Waals surface area contributed by atoms with Crippen molar-refractivity contribution in [3.63, 3.8) is 0 Å². The Hall–Kier alpha value is -0.490. The van der Waals surface area contributed by atoms with Gasteiger partial charge in [0.1, 0.15) is 0 Å². The number of hydrogen-bond acceptors (Lipinski definition) is 5. The summed E-state index contributed by atoms with van der Waals surface area (Å²) in [4.78, 5) is 9.30. The van der Waals surface area contributed by atoms with Gasteiger partial charge in [-0.1, -0.05) is 6.92 Å². The minimum absolute atomic E-state index is 0.688. The average Bonchev–Trinajstić information content (AvgIpc) is 2.75. The Labute approximate surface area is 115 Å². The Morgan fingerprint density at radius 1 is 1.33 bits per heavy atom. The summed E-state index contributed by atoms with van der Waals surface area (Å²) in [5.41, 5.74) is 6.73. The highest BCUT2D eigenvalue weighted by atomic mass is 32.1. The van der Waals surface area contributed by atoms with Gasteiger partial charge in [0.25, 0.3) is 0 Å². The van der Waals surface area contributed by atoms with E-state index in [-0.39, 0.29) is 0 Å². The summed E-state index contributed by atoms with van der Waals surface area (Å²) in [7, 11) is 4.24. The van der Waals surface area contributed by atoms with Crippen LogP contribution in [-0.2, 0) is 13.0 Å². The summed E-state index contributed by atoms with van der Waals surface area (Å²) >= 11 is 1.73. The summed E-state index contributed by atoms with van der Waals surface area (Å²) < 4.78 is 0. The van der Waals surface area contributed by atoms with Crippen LogP contribution >= 0.6 is 11.3 Å². The van der Waals surface area contributed by atoms with Crippen LogP contribution in [0.25, 0.3) is 0 Å². The van der Waals surface area contributed by atoms with Crippen LogP contribution < -0.4 is 5.73 Å². The number of aromatic nitrogens is 1. The average molecular weight is 270 g/mol. The lowest BCUT2D eigenvalue weighted by molar-refractivity contribution is 0.257. The minimum Gasteiger partial charge on any atom is -0.330 e. The normalized spacial score (nSPS) is 11.7. The molecule has 2 N–H and O–H groups in total. The lowest BCUT2D eigenvalue weighted by atomic mass is 10.3. The quantitative estimate of drug-likeness (QED) is 0.737. The summed E-state index contributed by atoms with van der Waals surface area (Å²) in [6.07, 6.45) is 2.11. The molecule has 0 spiro atoms. The second-order valence-corrected chi connectivity index (χ2v) is 5.74. The van der Waals surface area contributed by atoms with Gasteiger partial charge in [-0.3, -0.25) is 4.90 Å². The second-order valence-electron chi connectivity index (χ2n) is 4.80. The molecule has 0 saturated carbocycles. The van der Waals surface area contributed by atoms with Crippen LogP contribution in [0.4, 0.5) is 0 Å². The summed E-state index contributed by atoms with van der Waals surface area (Å²) in [5.74, 6) is 0. The Kier molecular flexibility index (Phi) is 7.42. The zero-order chi connectivity index (χ0) is 13.4. The van der Waals surface area contributed by atoms with Crippen molar-refractivity contribution in [1.29, 1.82) is 0 Å². The molecule has 1 aromatic rings. The molecule has 0 fully saturated rings. The van der Waals surface area contributed by atoms with E-state index in [4.69, 9.17) is 5.73 Å². The van der Waals surface area contributed by atoms with Crippen LogP contribution in [0.1, 0.15) is 24.0 Å². The van der Waals surface area contributed by atoms with Crippen molar-refractivity contribution < 1.29 is 0 Å². The maximum Gasteiger partial charge on any atom is 0.0941 e. The first-order valence-electron chi connectivity index (χ1n) is 6.66. The number of rotatable bonds is 9. The van der Waals surface area contributed by atoms with Gasteiger partial charge in [-0.2, -0.15) is 0 Å². The van der Waals surface area contributed by atoms with E-state index in [2.05, 4.69) is 41.2 Å². The van der Waals surface area contributed by atoms with E-state index in [9.17, 15) is 0 Å².